The van der Waals surface area contributed by atoms with Crippen molar-refractivity contribution in [1.29, 1.82) is 5.26 Å². The highest BCUT2D eigenvalue weighted by Gasteiger charge is 2.53. The number of rotatable bonds is 73. The second kappa shape index (κ2) is 72.0. The molecule has 0 radical (unpaired) electrons. The van der Waals surface area contributed by atoms with Crippen molar-refractivity contribution in [2.24, 2.45) is 0 Å². The summed E-state index contributed by atoms with van der Waals surface area (Å²) in [6, 6.07) is -3.76. The molecular formula is C86H143N10O41P. The number of carbonyl (C=O) groups excluding carboxylic acids is 16. The van der Waals surface area contributed by atoms with Gasteiger partial charge in [-0.1, -0.05) is 0 Å². The maximum atomic E-state index is 14.1. The van der Waals surface area contributed by atoms with Gasteiger partial charge in [-0.25, -0.2) is 4.67 Å². The highest BCUT2D eigenvalue weighted by atomic mass is 31.2. The fourth-order valence-electron chi connectivity index (χ4n) is 13.5. The van der Waals surface area contributed by atoms with Crippen LogP contribution in [0.5, 0.6) is 0 Å². The van der Waals surface area contributed by atoms with Gasteiger partial charge in [-0.3, -0.25) is 76.7 Å². The number of ether oxygens (including phenoxy) is 23. The van der Waals surface area contributed by atoms with E-state index in [2.05, 4.69) is 81.0 Å². The fourth-order valence-corrected chi connectivity index (χ4v) is 15.1. The van der Waals surface area contributed by atoms with Crippen molar-refractivity contribution >= 4 is 104 Å². The molecule has 3 aliphatic heterocycles. The lowest BCUT2D eigenvalue weighted by atomic mass is 9.96. The summed E-state index contributed by atoms with van der Waals surface area (Å²) < 4.78 is 143. The summed E-state index contributed by atoms with van der Waals surface area (Å²) in [5, 5.41) is 30.0. The highest BCUT2D eigenvalue weighted by Crippen LogP contribution is 2.46. The molecule has 52 heteroatoms. The number of carbonyl (C=O) groups is 16. The van der Waals surface area contributed by atoms with Crippen LogP contribution in [0.25, 0.3) is 0 Å². The van der Waals surface area contributed by atoms with E-state index < -0.39 is 221 Å². The van der Waals surface area contributed by atoms with Crippen LogP contribution in [0.3, 0.4) is 0 Å². The van der Waals surface area contributed by atoms with Crippen LogP contribution in [-0.4, -0.2) is 401 Å². The molecule has 3 aliphatic rings. The molecule has 17 unspecified atom stereocenters. The van der Waals surface area contributed by atoms with Crippen molar-refractivity contribution in [3.8, 4) is 6.07 Å². The number of nitrogens with one attached hydrogen (secondary N) is 8. The Morgan fingerprint density at radius 3 is 1.06 bits per heavy atom. The highest BCUT2D eigenvalue weighted by molar-refractivity contribution is 7.44. The number of hydrogen-bond acceptors (Lipinski definition) is 43. The molecule has 8 N–H and O–H groups in total. The quantitative estimate of drug-likeness (QED) is 0.0144. The van der Waals surface area contributed by atoms with E-state index >= 15 is 0 Å². The average Bonchev–Trinajstić information content (AvgIpc) is 0.786. The van der Waals surface area contributed by atoms with E-state index in [9.17, 15) is 76.7 Å². The number of hydrogen-bond donors (Lipinski definition) is 8. The van der Waals surface area contributed by atoms with Crippen molar-refractivity contribution in [3.63, 3.8) is 0 Å². The molecule has 51 nitrogen and oxygen atoms in total. The average molecular weight is 2000 g/mol. The van der Waals surface area contributed by atoms with Crippen molar-refractivity contribution in [1.82, 2.24) is 47.2 Å². The smallest absolute Gasteiger partial charge is 0.303 e. The van der Waals surface area contributed by atoms with Gasteiger partial charge in [0.05, 0.1) is 170 Å². The van der Waals surface area contributed by atoms with Gasteiger partial charge >= 0.3 is 47.8 Å². The van der Waals surface area contributed by atoms with Crippen molar-refractivity contribution in [2.75, 3.05) is 191 Å². The molecule has 0 saturated carbocycles. The Morgan fingerprint density at radius 1 is 0.355 bits per heavy atom. The van der Waals surface area contributed by atoms with Crippen LogP contribution in [0.1, 0.15) is 149 Å². The summed E-state index contributed by atoms with van der Waals surface area (Å²) in [7, 11) is -1.36. The van der Waals surface area contributed by atoms with Crippen LogP contribution in [0.2, 0.25) is 0 Å². The Hall–Kier alpha value is -9.28. The largest absolute Gasteiger partial charge is 0.463 e. The minimum absolute atomic E-state index is 0.0394. The van der Waals surface area contributed by atoms with E-state index in [1.807, 2.05) is 0 Å². The zero-order valence-electron chi connectivity index (χ0n) is 81.4. The SMILES string of the molecule is CC(=O)NC1CC(OC(C)=O)C(COC(C)=O)OC1OCCOCCNC(=O)C(CCC(=O)NC(CCC(=O)NCCOCCOC1OC(COC(C)=O)C(OC(C)=O)C(OC(C)=O)C1NC(C)=O)C(=O)NCCOCCOC1OC(COC(C)=O)C(OC(C)=O)C(OC(C)=O)C1NC(C)=O)NC(=O)CCOCCOCCOCCOCCOCCOCCOP(OCCC#N)N(C(C)C)C(C)C. The van der Waals surface area contributed by atoms with E-state index in [0.717, 1.165) is 48.5 Å². The molecule has 8 amide bonds. The molecule has 3 saturated heterocycles. The Morgan fingerprint density at radius 2 is 0.681 bits per heavy atom. The summed E-state index contributed by atoms with van der Waals surface area (Å²) >= 11 is 0. The molecule has 3 rings (SSSR count). The molecule has 0 aliphatic carbocycles. The molecule has 0 spiro atoms. The number of nitrogens with zero attached hydrogens (tertiary/aromatic N) is 2. The van der Waals surface area contributed by atoms with Gasteiger partial charge in [-0.15, -0.1) is 0 Å². The Kier molecular flexibility index (Phi) is 64.2. The third-order valence-electron chi connectivity index (χ3n) is 19.1. The molecule has 0 aromatic carbocycles. The van der Waals surface area contributed by atoms with E-state index in [0.29, 0.717) is 46.2 Å². The summed E-state index contributed by atoms with van der Waals surface area (Å²) in [6.45, 7) is 20.9. The molecular weight excluding hydrogens is 1860 g/mol. The van der Waals surface area contributed by atoms with Crippen LogP contribution in [0.4, 0.5) is 0 Å². The fraction of sp³-hybridized carbons (Fsp3) is 0.802. The van der Waals surface area contributed by atoms with Crippen molar-refractivity contribution in [2.45, 2.75) is 259 Å². The van der Waals surface area contributed by atoms with E-state index in [1.165, 1.54) is 27.7 Å². The Labute approximate surface area is 803 Å². The number of nitriles is 1. The first kappa shape index (κ1) is 123. The molecule has 3 heterocycles. The maximum Gasteiger partial charge on any atom is 0.303 e. The zero-order chi connectivity index (χ0) is 102. The van der Waals surface area contributed by atoms with Crippen molar-refractivity contribution < 1.29 is 195 Å². The number of amides is 8. The summed E-state index contributed by atoms with van der Waals surface area (Å²) in [4.78, 5) is 203. The maximum absolute atomic E-state index is 14.1. The summed E-state index contributed by atoms with van der Waals surface area (Å²) in [5.41, 5.74) is 0. The second-order valence-electron chi connectivity index (χ2n) is 31.5. The molecule has 138 heavy (non-hydrogen) atoms. The van der Waals surface area contributed by atoms with Gasteiger partial charge in [-0.05, 0) is 40.5 Å². The lowest BCUT2D eigenvalue weighted by Gasteiger charge is -2.44. The van der Waals surface area contributed by atoms with Crippen LogP contribution >= 0.6 is 8.53 Å². The van der Waals surface area contributed by atoms with Crippen LogP contribution in [0, 0.1) is 11.3 Å². The molecule has 788 valence electrons. The molecule has 0 aromatic rings. The monoisotopic (exact) mass is 2000 g/mol. The zero-order valence-corrected chi connectivity index (χ0v) is 82.3. The van der Waals surface area contributed by atoms with Gasteiger partial charge < -0.3 is 161 Å². The first-order chi connectivity index (χ1) is 65.8. The Balaban J connectivity index is 1.73. The molecule has 3 fully saturated rings. The van der Waals surface area contributed by atoms with E-state index in [-0.39, 0.29) is 183 Å². The van der Waals surface area contributed by atoms with E-state index in [1.54, 1.807) is 0 Å². The topological polar surface area (TPSA) is 627 Å². The van der Waals surface area contributed by atoms with Gasteiger partial charge in [0.25, 0.3) is 8.53 Å². The van der Waals surface area contributed by atoms with Crippen LogP contribution in [-0.2, 0) is 195 Å². The Bertz CT molecular complexity index is 3720. The first-order valence-electron chi connectivity index (χ1n) is 45.5. The predicted octanol–water partition coefficient (Wildman–Crippen LogP) is -1.83. The third kappa shape index (κ3) is 55.1. The minimum Gasteiger partial charge on any atom is -0.463 e. The predicted molar refractivity (Wildman–Crippen MR) is 473 cm³/mol. The summed E-state index contributed by atoms with van der Waals surface area (Å²) in [6.07, 6.45) is -15.4. The second-order valence-corrected chi connectivity index (χ2v) is 32.9. The van der Waals surface area contributed by atoms with Crippen molar-refractivity contribution in [3.05, 3.63) is 0 Å². The lowest BCUT2D eigenvalue weighted by Crippen LogP contribution is -2.66. The van der Waals surface area contributed by atoms with Gasteiger partial charge in [0.15, 0.2) is 43.3 Å². The standard InChI is InChI=1S/C86H143N10O41P/c1-53(2)96(54(3)4)138(128-26-16-22-87)129-48-44-121-40-39-120-38-37-119-36-35-118-34-33-117-32-31-113-27-21-75(110)95-67(83(112)90-24-29-115-41-45-122-84-68(91-55(5)97)49-69(130-61(11)103)70(135-84)50-125-58(8)100)18-20-74(109)94-66(82(111)89-25-30-116-43-47-124-86-77(93-57(7)99)81(134-65(15)107)79(132-63(13)105)72(137-86)52-127-60(10)102)17-19-73(108)88-23-28-114-42-46-123-85-76(92-56(6)98)80(133-64(14)106)78(131-62(12)104)71(136-85)51-126-59(9)101/h53-54,66-72,76-81,84-86H,16-21,23-52H2,1-15H3,(H,88,108)(H,89,111)(H,90,112)(H,91,97)(H,92,98)(H,93,99)(H,94,109)(H,95,110). The molecule has 0 bridgehead atoms. The lowest BCUT2D eigenvalue weighted by molar-refractivity contribution is -0.279. The van der Waals surface area contributed by atoms with E-state index in [4.69, 9.17) is 123 Å². The summed E-state index contributed by atoms with van der Waals surface area (Å²) in [5.74, 6) is -11.3. The molecule has 17 atom stereocenters. The third-order valence-corrected chi connectivity index (χ3v) is 21.2. The van der Waals surface area contributed by atoms with Crippen LogP contribution in [0.15, 0.2) is 0 Å². The number of esters is 8. The minimum atomic E-state index is -1.45. The first-order valence-corrected chi connectivity index (χ1v) is 46.6. The van der Waals surface area contributed by atoms with Gasteiger partial charge in [0, 0.05) is 134 Å². The van der Waals surface area contributed by atoms with Gasteiger partial charge in [-0.2, -0.15) is 5.26 Å². The van der Waals surface area contributed by atoms with Gasteiger partial charge in [0.1, 0.15) is 68.4 Å². The van der Waals surface area contributed by atoms with Gasteiger partial charge in [0.2, 0.25) is 47.3 Å². The molecule has 0 aromatic heterocycles. The normalized spacial score (nSPS) is 21.3. The van der Waals surface area contributed by atoms with Crippen LogP contribution < -0.4 is 42.5 Å².